The zero-order chi connectivity index (χ0) is 12.6. The van der Waals surface area contributed by atoms with Gasteiger partial charge in [-0.05, 0) is 38.3 Å². The van der Waals surface area contributed by atoms with Crippen molar-refractivity contribution in [2.45, 2.75) is 45.1 Å². The van der Waals surface area contributed by atoms with Gasteiger partial charge < -0.3 is 10.4 Å². The van der Waals surface area contributed by atoms with E-state index in [-0.39, 0.29) is 0 Å². The molecule has 1 atom stereocenters. The van der Waals surface area contributed by atoms with Crippen LogP contribution in [-0.4, -0.2) is 23.8 Å². The second kappa shape index (κ2) is 7.46. The summed E-state index contributed by atoms with van der Waals surface area (Å²) in [6, 6.07) is 10.5. The highest BCUT2D eigenvalue weighted by Crippen LogP contribution is 2.10. The van der Waals surface area contributed by atoms with Gasteiger partial charge in [0.05, 0.1) is 5.60 Å². The van der Waals surface area contributed by atoms with Gasteiger partial charge in [0.1, 0.15) is 0 Å². The highest BCUT2D eigenvalue weighted by atomic mass is 16.3. The summed E-state index contributed by atoms with van der Waals surface area (Å²) >= 11 is 0. The van der Waals surface area contributed by atoms with Gasteiger partial charge in [0.25, 0.3) is 0 Å². The largest absolute Gasteiger partial charge is 0.389 e. The van der Waals surface area contributed by atoms with Crippen LogP contribution in [0.5, 0.6) is 0 Å². The topological polar surface area (TPSA) is 32.3 Å². The Morgan fingerprint density at radius 3 is 2.59 bits per heavy atom. The van der Waals surface area contributed by atoms with Crippen LogP contribution in [0.2, 0.25) is 0 Å². The molecule has 0 radical (unpaired) electrons. The Balaban J connectivity index is 2.09. The maximum Gasteiger partial charge on any atom is 0.0743 e. The third-order valence-electron chi connectivity index (χ3n) is 2.96. The summed E-state index contributed by atoms with van der Waals surface area (Å²) in [5.74, 6) is 0. The predicted molar refractivity (Wildman–Crippen MR) is 73.2 cm³/mol. The Hall–Kier alpha value is -0.860. The van der Waals surface area contributed by atoms with Gasteiger partial charge in [-0.3, -0.25) is 0 Å². The number of aryl methyl sites for hydroxylation is 1. The van der Waals surface area contributed by atoms with E-state index in [2.05, 4.69) is 36.5 Å². The quantitative estimate of drug-likeness (QED) is 0.679. The van der Waals surface area contributed by atoms with E-state index >= 15 is 0 Å². The summed E-state index contributed by atoms with van der Waals surface area (Å²) in [7, 11) is 0. The van der Waals surface area contributed by atoms with Gasteiger partial charge in [0.15, 0.2) is 0 Å². The molecule has 2 N–H and O–H groups in total. The Morgan fingerprint density at radius 2 is 1.94 bits per heavy atom. The first kappa shape index (κ1) is 14.2. The van der Waals surface area contributed by atoms with Crippen LogP contribution in [0.3, 0.4) is 0 Å². The summed E-state index contributed by atoms with van der Waals surface area (Å²) < 4.78 is 0. The van der Waals surface area contributed by atoms with Crippen LogP contribution in [0.25, 0.3) is 0 Å². The molecule has 0 aromatic heterocycles. The lowest BCUT2D eigenvalue weighted by Crippen LogP contribution is -2.38. The molecule has 0 heterocycles. The summed E-state index contributed by atoms with van der Waals surface area (Å²) in [5.41, 5.74) is 0.830. The summed E-state index contributed by atoms with van der Waals surface area (Å²) in [6.45, 7) is 5.66. The van der Waals surface area contributed by atoms with Crippen molar-refractivity contribution >= 4 is 0 Å². The van der Waals surface area contributed by atoms with Crippen LogP contribution in [0, 0.1) is 0 Å². The van der Waals surface area contributed by atoms with Crippen molar-refractivity contribution in [2.24, 2.45) is 0 Å². The third-order valence-corrected chi connectivity index (χ3v) is 2.96. The predicted octanol–water partition coefficient (Wildman–Crippen LogP) is 2.76. The van der Waals surface area contributed by atoms with Crippen molar-refractivity contribution in [1.29, 1.82) is 0 Å². The second-order valence-corrected chi connectivity index (χ2v) is 5.01. The van der Waals surface area contributed by atoms with Gasteiger partial charge in [0.2, 0.25) is 0 Å². The third kappa shape index (κ3) is 6.44. The van der Waals surface area contributed by atoms with Crippen LogP contribution in [0.4, 0.5) is 0 Å². The second-order valence-electron chi connectivity index (χ2n) is 5.01. The molecule has 0 aliphatic heterocycles. The number of hydrogen-bond donors (Lipinski definition) is 2. The molecule has 0 fully saturated rings. The first-order valence-electron chi connectivity index (χ1n) is 6.61. The monoisotopic (exact) mass is 235 g/mol. The van der Waals surface area contributed by atoms with E-state index in [0.717, 1.165) is 32.2 Å². The Bertz CT molecular complexity index is 295. The maximum absolute atomic E-state index is 9.97. The van der Waals surface area contributed by atoms with Gasteiger partial charge >= 0.3 is 0 Å². The molecule has 2 heteroatoms. The van der Waals surface area contributed by atoms with Crippen molar-refractivity contribution in [3.05, 3.63) is 35.9 Å². The van der Waals surface area contributed by atoms with Gasteiger partial charge in [-0.2, -0.15) is 0 Å². The molecule has 0 spiro atoms. The molecule has 0 amide bonds. The smallest absolute Gasteiger partial charge is 0.0743 e. The summed E-state index contributed by atoms with van der Waals surface area (Å²) in [4.78, 5) is 0. The lowest BCUT2D eigenvalue weighted by atomic mass is 10.0. The minimum Gasteiger partial charge on any atom is -0.389 e. The molecule has 0 saturated heterocycles. The van der Waals surface area contributed by atoms with Crippen LogP contribution in [-0.2, 0) is 6.42 Å². The standard InChI is InChI=1S/C15H25NO/c1-3-11-15(2,17)13-16-12-7-10-14-8-5-4-6-9-14/h4-6,8-9,16-17H,3,7,10-13H2,1-2H3. The summed E-state index contributed by atoms with van der Waals surface area (Å²) in [6.07, 6.45) is 4.10. The Kier molecular flexibility index (Phi) is 6.23. The highest BCUT2D eigenvalue weighted by Gasteiger charge is 2.17. The molecule has 1 unspecified atom stereocenters. The number of nitrogens with one attached hydrogen (secondary N) is 1. The minimum atomic E-state index is -0.554. The fraction of sp³-hybridized carbons (Fsp3) is 0.600. The van der Waals surface area contributed by atoms with E-state index in [4.69, 9.17) is 0 Å². The Labute approximate surface area is 105 Å². The molecular formula is C15H25NO. The van der Waals surface area contributed by atoms with E-state index in [1.54, 1.807) is 0 Å². The zero-order valence-corrected chi connectivity index (χ0v) is 11.1. The molecule has 0 aliphatic rings. The normalized spacial score (nSPS) is 14.5. The van der Waals surface area contributed by atoms with Gasteiger partial charge in [-0.15, -0.1) is 0 Å². The van der Waals surface area contributed by atoms with E-state index in [0.29, 0.717) is 6.54 Å². The molecule has 0 aliphatic carbocycles. The van der Waals surface area contributed by atoms with Crippen LogP contribution < -0.4 is 5.32 Å². The maximum atomic E-state index is 9.97. The van der Waals surface area contributed by atoms with Crippen LogP contribution in [0.15, 0.2) is 30.3 Å². The molecular weight excluding hydrogens is 210 g/mol. The van der Waals surface area contributed by atoms with Crippen LogP contribution >= 0.6 is 0 Å². The molecule has 1 aromatic carbocycles. The molecule has 0 saturated carbocycles. The van der Waals surface area contributed by atoms with E-state index in [1.807, 2.05) is 13.0 Å². The van der Waals surface area contributed by atoms with E-state index in [9.17, 15) is 5.11 Å². The van der Waals surface area contributed by atoms with Crippen LogP contribution in [0.1, 0.15) is 38.7 Å². The molecule has 96 valence electrons. The SMILES string of the molecule is CCCC(C)(O)CNCCCc1ccccc1. The van der Waals surface area contributed by atoms with Gasteiger partial charge in [-0.1, -0.05) is 43.7 Å². The number of hydrogen-bond acceptors (Lipinski definition) is 2. The van der Waals surface area contributed by atoms with Gasteiger partial charge in [-0.25, -0.2) is 0 Å². The fourth-order valence-electron chi connectivity index (χ4n) is 2.05. The van der Waals surface area contributed by atoms with E-state index < -0.39 is 5.60 Å². The lowest BCUT2D eigenvalue weighted by molar-refractivity contribution is 0.0502. The molecule has 0 bridgehead atoms. The van der Waals surface area contributed by atoms with Crippen molar-refractivity contribution in [3.63, 3.8) is 0 Å². The molecule has 2 nitrogen and oxygen atoms in total. The minimum absolute atomic E-state index is 0.554. The first-order chi connectivity index (χ1) is 8.14. The number of aliphatic hydroxyl groups is 1. The highest BCUT2D eigenvalue weighted by molar-refractivity contribution is 5.14. The van der Waals surface area contributed by atoms with Crippen molar-refractivity contribution in [3.8, 4) is 0 Å². The molecule has 1 rings (SSSR count). The van der Waals surface area contributed by atoms with Gasteiger partial charge in [0, 0.05) is 6.54 Å². The number of benzene rings is 1. The van der Waals surface area contributed by atoms with Crippen molar-refractivity contribution in [1.82, 2.24) is 5.32 Å². The fourth-order valence-corrected chi connectivity index (χ4v) is 2.05. The van der Waals surface area contributed by atoms with Crippen molar-refractivity contribution in [2.75, 3.05) is 13.1 Å². The summed E-state index contributed by atoms with van der Waals surface area (Å²) in [5, 5.41) is 13.3. The first-order valence-corrected chi connectivity index (χ1v) is 6.61. The van der Waals surface area contributed by atoms with E-state index in [1.165, 1.54) is 5.56 Å². The number of rotatable bonds is 8. The average Bonchev–Trinajstić information content (AvgIpc) is 2.30. The molecule has 17 heavy (non-hydrogen) atoms. The lowest BCUT2D eigenvalue weighted by Gasteiger charge is -2.23. The van der Waals surface area contributed by atoms with Crippen molar-refractivity contribution < 1.29 is 5.11 Å². The average molecular weight is 235 g/mol. The zero-order valence-electron chi connectivity index (χ0n) is 11.1. The Morgan fingerprint density at radius 1 is 1.24 bits per heavy atom. The molecule has 1 aromatic rings.